The first kappa shape index (κ1) is 25.3. The summed E-state index contributed by atoms with van der Waals surface area (Å²) in [7, 11) is 0. The van der Waals surface area contributed by atoms with Gasteiger partial charge in [0.25, 0.3) is 0 Å². The summed E-state index contributed by atoms with van der Waals surface area (Å²) in [6, 6.07) is 14.1. The summed E-state index contributed by atoms with van der Waals surface area (Å²) >= 11 is 0. The van der Waals surface area contributed by atoms with E-state index in [4.69, 9.17) is 18.9 Å². The fourth-order valence-electron chi connectivity index (χ4n) is 3.80. The zero-order valence-corrected chi connectivity index (χ0v) is 20.7. The summed E-state index contributed by atoms with van der Waals surface area (Å²) < 4.78 is 22.8. The van der Waals surface area contributed by atoms with Crippen LogP contribution in [0.4, 0.5) is 0 Å². The third-order valence-electron chi connectivity index (χ3n) is 5.73. The Hall–Kier alpha value is -3.28. The zero-order chi connectivity index (χ0) is 24.7. The van der Waals surface area contributed by atoms with Crippen molar-refractivity contribution < 1.29 is 28.5 Å². The average Bonchev–Trinajstić information content (AvgIpc) is 2.85. The van der Waals surface area contributed by atoms with E-state index in [1.54, 1.807) is 27.7 Å². The number of carbonyl (C=O) groups excluding carboxylic acids is 2. The minimum absolute atomic E-state index is 0.202. The molecule has 0 aromatic heterocycles. The van der Waals surface area contributed by atoms with E-state index >= 15 is 0 Å². The summed E-state index contributed by atoms with van der Waals surface area (Å²) in [5, 5.41) is 3.57. The van der Waals surface area contributed by atoms with Gasteiger partial charge in [0.15, 0.2) is 0 Å². The number of carbonyl (C=O) groups is 2. The number of fused-ring (bicyclic) bond motifs is 2. The highest BCUT2D eigenvalue weighted by Crippen LogP contribution is 2.43. The highest BCUT2D eigenvalue weighted by molar-refractivity contribution is 6.11. The van der Waals surface area contributed by atoms with E-state index in [0.29, 0.717) is 24.7 Å². The number of esters is 2. The van der Waals surface area contributed by atoms with Crippen LogP contribution in [0.25, 0.3) is 21.5 Å². The van der Waals surface area contributed by atoms with Gasteiger partial charge in [-0.1, -0.05) is 43.3 Å². The molecule has 6 nitrogen and oxygen atoms in total. The highest BCUT2D eigenvalue weighted by atomic mass is 16.5. The topological polar surface area (TPSA) is 71.1 Å². The van der Waals surface area contributed by atoms with Crippen molar-refractivity contribution in [3.63, 3.8) is 0 Å². The second-order valence-electron chi connectivity index (χ2n) is 8.37. The second-order valence-corrected chi connectivity index (χ2v) is 8.37. The van der Waals surface area contributed by atoms with Gasteiger partial charge in [-0.15, -0.1) is 0 Å². The largest absolute Gasteiger partial charge is 0.491 e. The molecule has 0 spiro atoms. The monoisotopic (exact) mass is 466 g/mol. The van der Waals surface area contributed by atoms with Crippen LogP contribution in [0.5, 0.6) is 11.5 Å². The van der Waals surface area contributed by atoms with E-state index in [1.165, 1.54) is 0 Å². The van der Waals surface area contributed by atoms with Crippen LogP contribution in [0.2, 0.25) is 0 Å². The molecule has 0 saturated heterocycles. The first-order valence-corrected chi connectivity index (χ1v) is 12.0. The molecule has 0 radical (unpaired) electrons. The Bertz CT molecular complexity index is 1150. The maximum absolute atomic E-state index is 12.1. The molecule has 3 aromatic carbocycles. The summed E-state index contributed by atoms with van der Waals surface area (Å²) in [4.78, 5) is 24.3. The third kappa shape index (κ3) is 5.61. The van der Waals surface area contributed by atoms with Gasteiger partial charge in [-0.2, -0.15) is 0 Å². The van der Waals surface area contributed by atoms with Crippen molar-refractivity contribution >= 4 is 33.5 Å². The fourth-order valence-corrected chi connectivity index (χ4v) is 3.80. The van der Waals surface area contributed by atoms with E-state index in [-0.39, 0.29) is 25.2 Å². The fraction of sp³-hybridized carbons (Fsp3) is 0.429. The average molecular weight is 467 g/mol. The summed E-state index contributed by atoms with van der Waals surface area (Å²) in [5.74, 6) is 0.0584. The molecular weight excluding hydrogens is 432 g/mol. The molecule has 0 aliphatic heterocycles. The van der Waals surface area contributed by atoms with Crippen LogP contribution in [0, 0.1) is 11.8 Å². The van der Waals surface area contributed by atoms with Gasteiger partial charge in [0.05, 0.1) is 25.0 Å². The molecule has 6 heteroatoms. The van der Waals surface area contributed by atoms with Crippen LogP contribution in [0.3, 0.4) is 0 Å². The Morgan fingerprint density at radius 1 is 0.706 bits per heavy atom. The molecule has 0 aliphatic rings. The number of aryl methyl sites for hydroxylation is 1. The van der Waals surface area contributed by atoms with Crippen LogP contribution < -0.4 is 9.47 Å². The predicted octanol–water partition coefficient (Wildman–Crippen LogP) is 5.71. The summed E-state index contributed by atoms with van der Waals surface area (Å²) in [6.07, 6.45) is 0.873. The lowest BCUT2D eigenvalue weighted by Crippen LogP contribution is -2.22. The molecule has 0 N–H and O–H groups in total. The van der Waals surface area contributed by atoms with Gasteiger partial charge in [0.1, 0.15) is 24.7 Å². The molecule has 3 aromatic rings. The van der Waals surface area contributed by atoms with Crippen LogP contribution in [0.1, 0.15) is 40.2 Å². The molecule has 34 heavy (non-hydrogen) atoms. The molecule has 182 valence electrons. The highest BCUT2D eigenvalue weighted by Gasteiger charge is 2.21. The van der Waals surface area contributed by atoms with E-state index in [9.17, 15) is 9.59 Å². The van der Waals surface area contributed by atoms with Crippen molar-refractivity contribution in [2.75, 3.05) is 26.4 Å². The minimum Gasteiger partial charge on any atom is -0.491 e. The first-order valence-electron chi connectivity index (χ1n) is 12.0. The Balaban J connectivity index is 2.07. The van der Waals surface area contributed by atoms with Gasteiger partial charge in [-0.05, 0) is 45.7 Å². The van der Waals surface area contributed by atoms with Crippen molar-refractivity contribution in [1.82, 2.24) is 0 Å². The molecule has 0 heterocycles. The van der Waals surface area contributed by atoms with Crippen LogP contribution in [-0.4, -0.2) is 38.4 Å². The molecule has 0 saturated carbocycles. The third-order valence-corrected chi connectivity index (χ3v) is 5.73. The quantitative estimate of drug-likeness (QED) is 0.266. The smallest absolute Gasteiger partial charge is 0.312 e. The van der Waals surface area contributed by atoms with E-state index in [0.717, 1.165) is 33.5 Å². The lowest BCUT2D eigenvalue weighted by molar-refractivity contribution is -0.149. The summed E-state index contributed by atoms with van der Waals surface area (Å²) in [5.41, 5.74) is 1.16. The molecule has 0 amide bonds. The number of benzene rings is 3. The number of ether oxygens (including phenoxy) is 4. The first-order chi connectivity index (χ1) is 16.4. The Morgan fingerprint density at radius 3 is 1.65 bits per heavy atom. The molecule has 0 bridgehead atoms. The van der Waals surface area contributed by atoms with E-state index in [2.05, 4.69) is 19.1 Å². The molecule has 2 unspecified atom stereocenters. The summed E-state index contributed by atoms with van der Waals surface area (Å²) in [6.45, 7) is 10.4. The molecule has 0 aliphatic carbocycles. The predicted molar refractivity (Wildman–Crippen MR) is 133 cm³/mol. The van der Waals surface area contributed by atoms with Gasteiger partial charge < -0.3 is 18.9 Å². The van der Waals surface area contributed by atoms with E-state index in [1.807, 2.05) is 30.3 Å². The van der Waals surface area contributed by atoms with Gasteiger partial charge in [-0.25, -0.2) is 0 Å². The SMILES string of the molecule is CCOC(=O)C(C)COc1c2ccccc2c(OCC(C)C(=O)OCC)c2cc(CC)ccc12. The Labute approximate surface area is 201 Å². The van der Waals surface area contributed by atoms with Gasteiger partial charge in [-0.3, -0.25) is 9.59 Å². The van der Waals surface area contributed by atoms with Crippen LogP contribution in [-0.2, 0) is 25.5 Å². The Kier molecular flexibility index (Phi) is 8.74. The number of hydrogen-bond acceptors (Lipinski definition) is 6. The maximum Gasteiger partial charge on any atom is 0.312 e. The van der Waals surface area contributed by atoms with Crippen molar-refractivity contribution in [1.29, 1.82) is 0 Å². The number of rotatable bonds is 11. The van der Waals surface area contributed by atoms with Crippen molar-refractivity contribution in [3.05, 3.63) is 48.0 Å². The second kappa shape index (κ2) is 11.7. The zero-order valence-electron chi connectivity index (χ0n) is 20.7. The van der Waals surface area contributed by atoms with Crippen LogP contribution in [0.15, 0.2) is 42.5 Å². The van der Waals surface area contributed by atoms with Gasteiger partial charge >= 0.3 is 11.9 Å². The van der Waals surface area contributed by atoms with Crippen LogP contribution >= 0.6 is 0 Å². The normalized spacial score (nSPS) is 12.9. The van der Waals surface area contributed by atoms with Crippen molar-refractivity contribution in [2.45, 2.75) is 41.0 Å². The standard InChI is InChI=1S/C28H34O6/c1-6-20-13-14-23-24(15-20)26(34-17-19(5)28(30)32-8-3)22-12-10-9-11-21(22)25(23)33-16-18(4)27(29)31-7-2/h9-15,18-19H,6-8,16-17H2,1-5H3. The lowest BCUT2D eigenvalue weighted by atomic mass is 9.98. The van der Waals surface area contributed by atoms with Crippen molar-refractivity contribution in [2.24, 2.45) is 11.8 Å². The molecular formula is C28H34O6. The van der Waals surface area contributed by atoms with Gasteiger partial charge in [0.2, 0.25) is 0 Å². The maximum atomic E-state index is 12.1. The Morgan fingerprint density at radius 2 is 1.18 bits per heavy atom. The minimum atomic E-state index is -0.399. The molecule has 0 fully saturated rings. The van der Waals surface area contributed by atoms with E-state index < -0.39 is 11.8 Å². The lowest BCUT2D eigenvalue weighted by Gasteiger charge is -2.20. The van der Waals surface area contributed by atoms with Gasteiger partial charge in [0, 0.05) is 21.5 Å². The molecule has 2 atom stereocenters. The molecule has 3 rings (SSSR count). The number of hydrogen-bond donors (Lipinski definition) is 0. The van der Waals surface area contributed by atoms with Crippen molar-refractivity contribution in [3.8, 4) is 11.5 Å².